The summed E-state index contributed by atoms with van der Waals surface area (Å²) in [7, 11) is 0. The summed E-state index contributed by atoms with van der Waals surface area (Å²) < 4.78 is 9.93. The monoisotopic (exact) mass is 284 g/mol. The lowest BCUT2D eigenvalue weighted by molar-refractivity contribution is -0.159. The normalized spacial score (nSPS) is 21.2. The predicted molar refractivity (Wildman–Crippen MR) is 77.2 cm³/mol. The minimum absolute atomic E-state index is 0.255. The van der Waals surface area contributed by atoms with Crippen molar-refractivity contribution in [3.8, 4) is 0 Å². The molecule has 1 fully saturated rings. The van der Waals surface area contributed by atoms with Crippen LogP contribution in [0.4, 0.5) is 0 Å². The first kappa shape index (κ1) is 17.0. The van der Waals surface area contributed by atoms with Gasteiger partial charge < -0.3 is 9.47 Å². The summed E-state index contributed by atoms with van der Waals surface area (Å²) in [5.74, 6) is -0.128. The molecule has 0 aromatic carbocycles. The first-order chi connectivity index (χ1) is 9.43. The molecule has 116 valence electrons. The molecular weight excluding hydrogens is 256 g/mol. The van der Waals surface area contributed by atoms with E-state index in [1.165, 1.54) is 25.7 Å². The van der Waals surface area contributed by atoms with E-state index in [0.29, 0.717) is 24.4 Å². The Bertz CT molecular complexity index is 322. The number of hydrogen-bond acceptors (Lipinski definition) is 4. The van der Waals surface area contributed by atoms with Crippen molar-refractivity contribution in [2.45, 2.75) is 65.7 Å². The molecule has 0 spiro atoms. The third-order valence-corrected chi connectivity index (χ3v) is 3.90. The van der Waals surface area contributed by atoms with Gasteiger partial charge >= 0.3 is 11.9 Å². The largest absolute Gasteiger partial charge is 0.463 e. The highest BCUT2D eigenvalue weighted by Gasteiger charge is 2.27. The third kappa shape index (κ3) is 6.92. The van der Waals surface area contributed by atoms with Crippen LogP contribution in [0.5, 0.6) is 0 Å². The number of carbonyl (C=O) groups excluding carboxylic acids is 2. The molecular formula is C16H28O4. The van der Waals surface area contributed by atoms with Gasteiger partial charge in [-0.15, -0.1) is 0 Å². The van der Waals surface area contributed by atoms with Crippen molar-refractivity contribution in [2.75, 3.05) is 13.2 Å². The summed E-state index contributed by atoms with van der Waals surface area (Å²) in [4.78, 5) is 22.5. The smallest absolute Gasteiger partial charge is 0.344 e. The second-order valence-corrected chi connectivity index (χ2v) is 6.55. The molecule has 0 heterocycles. The molecule has 1 rings (SSSR count). The minimum Gasteiger partial charge on any atom is -0.463 e. The van der Waals surface area contributed by atoms with E-state index < -0.39 is 5.97 Å². The van der Waals surface area contributed by atoms with Gasteiger partial charge in [0.2, 0.25) is 0 Å². The Kier molecular flexibility index (Phi) is 7.03. The maximum Gasteiger partial charge on any atom is 0.344 e. The molecule has 4 heteroatoms. The average Bonchev–Trinajstić information content (AvgIpc) is 2.35. The van der Waals surface area contributed by atoms with Crippen molar-refractivity contribution in [2.24, 2.45) is 11.3 Å². The highest BCUT2D eigenvalue weighted by Crippen LogP contribution is 2.39. The molecule has 1 saturated carbocycles. The van der Waals surface area contributed by atoms with Crippen molar-refractivity contribution in [3.63, 3.8) is 0 Å². The maximum atomic E-state index is 11.4. The summed E-state index contributed by atoms with van der Waals surface area (Å²) in [5.41, 5.74) is 0.419. The molecule has 0 aromatic heterocycles. The number of hydrogen-bond donors (Lipinski definition) is 0. The van der Waals surface area contributed by atoms with Gasteiger partial charge in [0.25, 0.3) is 0 Å². The van der Waals surface area contributed by atoms with Crippen LogP contribution in [-0.2, 0) is 19.1 Å². The van der Waals surface area contributed by atoms with Crippen molar-refractivity contribution in [1.29, 1.82) is 0 Å². The van der Waals surface area contributed by atoms with E-state index in [0.717, 1.165) is 12.8 Å². The molecule has 20 heavy (non-hydrogen) atoms. The van der Waals surface area contributed by atoms with E-state index in [-0.39, 0.29) is 12.6 Å². The van der Waals surface area contributed by atoms with Gasteiger partial charge in [0.15, 0.2) is 6.61 Å². The molecule has 0 amide bonds. The number of carbonyl (C=O) groups is 2. The Morgan fingerprint density at radius 1 is 1.20 bits per heavy atom. The molecule has 0 aromatic rings. The number of rotatable bonds is 7. The molecule has 0 aliphatic heterocycles. The van der Waals surface area contributed by atoms with Gasteiger partial charge in [-0.2, -0.15) is 0 Å². The van der Waals surface area contributed by atoms with E-state index in [1.54, 1.807) is 0 Å². The zero-order chi connectivity index (χ0) is 15.0. The lowest BCUT2D eigenvalue weighted by Crippen LogP contribution is -2.24. The van der Waals surface area contributed by atoms with Crippen molar-refractivity contribution < 1.29 is 19.1 Å². The molecule has 1 atom stereocenters. The van der Waals surface area contributed by atoms with Gasteiger partial charge in [-0.1, -0.05) is 33.6 Å². The molecule has 0 N–H and O–H groups in total. The summed E-state index contributed by atoms with van der Waals surface area (Å²) in [6, 6.07) is 0. The standard InChI is InChI=1S/C16H28O4/c1-4-6-14(17)20-12-15(18)19-10-8-13-7-5-9-16(2,3)11-13/h13H,4-12H2,1-3H3. The van der Waals surface area contributed by atoms with Gasteiger partial charge in [-0.05, 0) is 37.0 Å². The van der Waals surface area contributed by atoms with Crippen molar-refractivity contribution in [3.05, 3.63) is 0 Å². The van der Waals surface area contributed by atoms with E-state index in [4.69, 9.17) is 9.47 Å². The van der Waals surface area contributed by atoms with Crippen LogP contribution in [0.1, 0.15) is 65.7 Å². The van der Waals surface area contributed by atoms with Crippen LogP contribution in [0.15, 0.2) is 0 Å². The Morgan fingerprint density at radius 3 is 2.60 bits per heavy atom. The summed E-state index contributed by atoms with van der Waals surface area (Å²) in [6.07, 6.45) is 6.98. The molecule has 1 aliphatic carbocycles. The van der Waals surface area contributed by atoms with Crippen LogP contribution < -0.4 is 0 Å². The SMILES string of the molecule is CCCC(=O)OCC(=O)OCCC1CCCC(C)(C)C1. The van der Waals surface area contributed by atoms with Crippen molar-refractivity contribution >= 4 is 11.9 Å². The Morgan fingerprint density at radius 2 is 1.95 bits per heavy atom. The molecule has 1 unspecified atom stereocenters. The van der Waals surface area contributed by atoms with Gasteiger partial charge in [0, 0.05) is 6.42 Å². The second-order valence-electron chi connectivity index (χ2n) is 6.55. The fourth-order valence-electron chi connectivity index (χ4n) is 2.90. The van der Waals surface area contributed by atoms with E-state index in [1.807, 2.05) is 6.92 Å². The van der Waals surface area contributed by atoms with Gasteiger partial charge in [0.1, 0.15) is 0 Å². The Balaban J connectivity index is 2.11. The van der Waals surface area contributed by atoms with E-state index in [2.05, 4.69) is 13.8 Å². The highest BCUT2D eigenvalue weighted by atomic mass is 16.6. The molecule has 0 bridgehead atoms. The fraction of sp³-hybridized carbons (Fsp3) is 0.875. The summed E-state index contributed by atoms with van der Waals surface area (Å²) in [5, 5.41) is 0. The van der Waals surface area contributed by atoms with Crippen LogP contribution in [0.3, 0.4) is 0 Å². The topological polar surface area (TPSA) is 52.6 Å². The first-order valence-corrected chi connectivity index (χ1v) is 7.74. The maximum absolute atomic E-state index is 11.4. The zero-order valence-corrected chi connectivity index (χ0v) is 13.1. The van der Waals surface area contributed by atoms with Crippen LogP contribution >= 0.6 is 0 Å². The molecule has 1 aliphatic rings. The van der Waals surface area contributed by atoms with E-state index >= 15 is 0 Å². The Hall–Kier alpha value is -1.06. The fourth-order valence-corrected chi connectivity index (χ4v) is 2.90. The van der Waals surface area contributed by atoms with Crippen molar-refractivity contribution in [1.82, 2.24) is 0 Å². The lowest BCUT2D eigenvalue weighted by Gasteiger charge is -2.35. The summed E-state index contributed by atoms with van der Waals surface area (Å²) >= 11 is 0. The third-order valence-electron chi connectivity index (χ3n) is 3.90. The van der Waals surface area contributed by atoms with Crippen LogP contribution in [-0.4, -0.2) is 25.2 Å². The van der Waals surface area contributed by atoms with E-state index in [9.17, 15) is 9.59 Å². The number of ether oxygens (including phenoxy) is 2. The molecule has 0 radical (unpaired) electrons. The quantitative estimate of drug-likeness (QED) is 0.672. The average molecular weight is 284 g/mol. The molecule has 0 saturated heterocycles. The molecule has 4 nitrogen and oxygen atoms in total. The second kappa shape index (κ2) is 8.28. The van der Waals surface area contributed by atoms with Crippen LogP contribution in [0, 0.1) is 11.3 Å². The van der Waals surface area contributed by atoms with Gasteiger partial charge in [0.05, 0.1) is 6.61 Å². The lowest BCUT2D eigenvalue weighted by atomic mass is 9.71. The van der Waals surface area contributed by atoms with Gasteiger partial charge in [-0.3, -0.25) is 4.79 Å². The minimum atomic E-state index is -0.440. The van der Waals surface area contributed by atoms with Gasteiger partial charge in [-0.25, -0.2) is 4.79 Å². The summed E-state index contributed by atoms with van der Waals surface area (Å²) in [6.45, 7) is 6.68. The predicted octanol–water partition coefficient (Wildman–Crippen LogP) is 3.48. The van der Waals surface area contributed by atoms with Crippen LogP contribution in [0.25, 0.3) is 0 Å². The number of esters is 2. The first-order valence-electron chi connectivity index (χ1n) is 7.74. The van der Waals surface area contributed by atoms with Crippen LogP contribution in [0.2, 0.25) is 0 Å². The Labute approximate surface area is 122 Å². The zero-order valence-electron chi connectivity index (χ0n) is 13.1. The highest BCUT2D eigenvalue weighted by molar-refractivity contribution is 5.76.